The lowest BCUT2D eigenvalue weighted by Crippen LogP contribution is -2.25. The molecule has 0 aromatic heterocycles. The Morgan fingerprint density at radius 2 is 1.20 bits per heavy atom. The van der Waals surface area contributed by atoms with Gasteiger partial charge in [0.25, 0.3) is 0 Å². The molecule has 4 nitrogen and oxygen atoms in total. The van der Waals surface area contributed by atoms with Crippen LogP contribution in [0, 0.1) is 5.92 Å². The monoisotopic (exact) mass is 366 g/mol. The third-order valence-electron chi connectivity index (χ3n) is 3.00. The number of hydrogen-bond donors (Lipinski definition) is 2. The molecule has 0 aliphatic heterocycles. The summed E-state index contributed by atoms with van der Waals surface area (Å²) in [5, 5.41) is 17.5. The minimum atomic E-state index is -1.75. The van der Waals surface area contributed by atoms with E-state index in [4.69, 9.17) is 56.6 Å². The maximum absolute atomic E-state index is 10.7. The van der Waals surface area contributed by atoms with Crippen LogP contribution in [0.1, 0.15) is 45.4 Å². The van der Waals surface area contributed by atoms with Crippen LogP contribution in [0.25, 0.3) is 0 Å². The second kappa shape index (κ2) is 8.52. The second-order valence-corrected chi connectivity index (χ2v) is 7.88. The van der Waals surface area contributed by atoms with E-state index in [-0.39, 0.29) is 18.8 Å². The molecule has 0 aliphatic carbocycles. The number of carboxylic acids is 2. The predicted molar refractivity (Wildman–Crippen MR) is 81.0 cm³/mol. The zero-order chi connectivity index (χ0) is 16.0. The van der Waals surface area contributed by atoms with Crippen LogP contribution in [-0.4, -0.2) is 30.8 Å². The van der Waals surface area contributed by atoms with Crippen molar-refractivity contribution in [2.24, 2.45) is 5.92 Å². The Balaban J connectivity index is 3.89. The molecule has 0 rings (SSSR count). The summed E-state index contributed by atoms with van der Waals surface area (Å²) in [5.41, 5.74) is 0. The van der Waals surface area contributed by atoms with Gasteiger partial charge in [0, 0.05) is 0 Å². The molecule has 0 amide bonds. The molecule has 0 saturated heterocycles. The van der Waals surface area contributed by atoms with Crippen LogP contribution in [0.15, 0.2) is 0 Å². The van der Waals surface area contributed by atoms with E-state index in [1.165, 1.54) is 0 Å². The zero-order valence-corrected chi connectivity index (χ0v) is 14.1. The van der Waals surface area contributed by atoms with Crippen LogP contribution in [0.2, 0.25) is 0 Å². The van der Waals surface area contributed by atoms with Gasteiger partial charge in [-0.2, -0.15) is 0 Å². The van der Waals surface area contributed by atoms with Crippen molar-refractivity contribution in [3.63, 3.8) is 0 Å². The molecule has 118 valence electrons. The highest BCUT2D eigenvalue weighted by molar-refractivity contribution is 6.57. The summed E-state index contributed by atoms with van der Waals surface area (Å²) >= 11 is 22.5. The van der Waals surface area contributed by atoms with Gasteiger partial charge in [-0.05, 0) is 31.6 Å². The Hall–Kier alpha value is 0.1000. The van der Waals surface area contributed by atoms with Gasteiger partial charge in [-0.3, -0.25) is 0 Å². The highest BCUT2D eigenvalue weighted by Gasteiger charge is 2.34. The van der Waals surface area contributed by atoms with Gasteiger partial charge in [0.1, 0.15) is 0 Å². The minimum Gasteiger partial charge on any atom is -0.479 e. The minimum absolute atomic E-state index is 0.167. The second-order valence-electron chi connectivity index (χ2n) is 4.91. The molecule has 0 saturated carbocycles. The van der Waals surface area contributed by atoms with Crippen LogP contribution in [0.4, 0.5) is 0 Å². The summed E-state index contributed by atoms with van der Waals surface area (Å²) in [6.07, 6.45) is 2.98. The average Bonchev–Trinajstić information content (AvgIpc) is 2.27. The number of halogens is 4. The summed E-state index contributed by atoms with van der Waals surface area (Å²) in [7, 11) is 0. The fourth-order valence-electron chi connectivity index (χ4n) is 1.70. The molecule has 0 aliphatic rings. The summed E-state index contributed by atoms with van der Waals surface area (Å²) in [5.74, 6) is -2.21. The fraction of sp³-hybridized carbons (Fsp3) is 0.833. The Morgan fingerprint density at radius 3 is 1.45 bits per heavy atom. The van der Waals surface area contributed by atoms with Gasteiger partial charge in [0.2, 0.25) is 8.67 Å². The Kier molecular flexibility index (Phi) is 8.56. The summed E-state index contributed by atoms with van der Waals surface area (Å²) in [4.78, 5) is 21.4. The van der Waals surface area contributed by atoms with Crippen molar-refractivity contribution in [2.75, 3.05) is 0 Å². The molecule has 20 heavy (non-hydrogen) atoms. The van der Waals surface area contributed by atoms with Crippen molar-refractivity contribution < 1.29 is 19.8 Å². The van der Waals surface area contributed by atoms with Crippen LogP contribution in [0.3, 0.4) is 0 Å². The molecule has 0 bridgehead atoms. The Bertz CT molecular complexity index is 312. The number of alkyl halides is 4. The summed E-state index contributed by atoms with van der Waals surface area (Å²) in [6, 6.07) is 0. The van der Waals surface area contributed by atoms with Gasteiger partial charge in [-0.1, -0.05) is 66.2 Å². The topological polar surface area (TPSA) is 74.6 Å². The SMILES string of the molecule is CC(CCCC(Cl)(Cl)C(=O)O)CCCC(Cl)(Cl)C(=O)O. The molecular formula is C12H18Cl4O4. The van der Waals surface area contributed by atoms with Crippen molar-refractivity contribution in [3.05, 3.63) is 0 Å². The third kappa shape index (κ3) is 7.77. The van der Waals surface area contributed by atoms with Crippen molar-refractivity contribution >= 4 is 58.3 Å². The molecule has 0 fully saturated rings. The van der Waals surface area contributed by atoms with Crippen LogP contribution in [0.5, 0.6) is 0 Å². The largest absolute Gasteiger partial charge is 0.479 e. The van der Waals surface area contributed by atoms with Gasteiger partial charge in [0.05, 0.1) is 0 Å². The molecule has 0 spiro atoms. The van der Waals surface area contributed by atoms with Gasteiger partial charge < -0.3 is 10.2 Å². The Labute approximate surface area is 138 Å². The first kappa shape index (κ1) is 20.1. The Morgan fingerprint density at radius 1 is 0.900 bits per heavy atom. The average molecular weight is 368 g/mol. The normalized spacial score (nSPS) is 12.7. The van der Waals surface area contributed by atoms with Crippen molar-refractivity contribution in [1.82, 2.24) is 0 Å². The standard InChI is InChI=1S/C12H18Cl4O4/c1-8(4-2-6-11(13,14)9(17)18)5-3-7-12(15,16)10(19)20/h8H,2-7H2,1H3,(H,17,18)(H,19,20). The van der Waals surface area contributed by atoms with Crippen molar-refractivity contribution in [2.45, 2.75) is 54.1 Å². The first-order valence-electron chi connectivity index (χ1n) is 6.21. The quantitative estimate of drug-likeness (QED) is 0.558. The number of carboxylic acid groups (broad SMARTS) is 2. The van der Waals surface area contributed by atoms with Crippen LogP contribution >= 0.6 is 46.4 Å². The summed E-state index contributed by atoms with van der Waals surface area (Å²) in [6.45, 7) is 1.98. The highest BCUT2D eigenvalue weighted by atomic mass is 35.5. The van der Waals surface area contributed by atoms with Gasteiger partial charge >= 0.3 is 11.9 Å². The van der Waals surface area contributed by atoms with Gasteiger partial charge in [-0.25, -0.2) is 9.59 Å². The lowest BCUT2D eigenvalue weighted by Gasteiger charge is -2.17. The van der Waals surface area contributed by atoms with E-state index in [2.05, 4.69) is 0 Å². The third-order valence-corrected chi connectivity index (χ3v) is 4.40. The van der Waals surface area contributed by atoms with Crippen LogP contribution in [-0.2, 0) is 9.59 Å². The molecule has 0 unspecified atom stereocenters. The van der Waals surface area contributed by atoms with E-state index in [0.717, 1.165) is 12.8 Å². The van der Waals surface area contributed by atoms with Crippen LogP contribution < -0.4 is 0 Å². The fourth-order valence-corrected chi connectivity index (χ4v) is 2.24. The molecule has 0 heterocycles. The molecule has 8 heteroatoms. The van der Waals surface area contributed by atoms with E-state index in [1.54, 1.807) is 0 Å². The first-order chi connectivity index (χ1) is 8.99. The molecule has 2 N–H and O–H groups in total. The van der Waals surface area contributed by atoms with Gasteiger partial charge in [0.15, 0.2) is 0 Å². The highest BCUT2D eigenvalue weighted by Crippen LogP contribution is 2.31. The number of carbonyl (C=O) groups is 2. The van der Waals surface area contributed by atoms with E-state index in [9.17, 15) is 9.59 Å². The number of rotatable bonds is 10. The number of hydrogen-bond acceptors (Lipinski definition) is 2. The van der Waals surface area contributed by atoms with E-state index in [1.807, 2.05) is 6.92 Å². The molecule has 0 aromatic carbocycles. The molecule has 0 radical (unpaired) electrons. The molecule has 0 atom stereocenters. The summed E-state index contributed by atoms with van der Waals surface area (Å²) < 4.78 is -3.49. The molecular weight excluding hydrogens is 350 g/mol. The van der Waals surface area contributed by atoms with E-state index in [0.29, 0.717) is 12.8 Å². The lowest BCUT2D eigenvalue weighted by atomic mass is 9.96. The molecule has 0 aromatic rings. The van der Waals surface area contributed by atoms with E-state index >= 15 is 0 Å². The number of aliphatic carboxylic acids is 2. The zero-order valence-electron chi connectivity index (χ0n) is 11.0. The van der Waals surface area contributed by atoms with Crippen molar-refractivity contribution in [1.29, 1.82) is 0 Å². The van der Waals surface area contributed by atoms with Crippen molar-refractivity contribution in [3.8, 4) is 0 Å². The maximum atomic E-state index is 10.7. The van der Waals surface area contributed by atoms with E-state index < -0.39 is 20.6 Å². The van der Waals surface area contributed by atoms with Gasteiger partial charge in [-0.15, -0.1) is 0 Å². The lowest BCUT2D eigenvalue weighted by molar-refractivity contribution is -0.138. The predicted octanol–water partition coefficient (Wildman–Crippen LogP) is 4.48. The smallest absolute Gasteiger partial charge is 0.340 e. The first-order valence-corrected chi connectivity index (χ1v) is 7.72. The maximum Gasteiger partial charge on any atom is 0.340 e.